The molecule has 0 amide bonds. The van der Waals surface area contributed by atoms with Crippen molar-refractivity contribution < 1.29 is 4.74 Å². The summed E-state index contributed by atoms with van der Waals surface area (Å²) in [5, 5.41) is 12.1. The molecule has 0 bridgehead atoms. The fourth-order valence-electron chi connectivity index (χ4n) is 1.44. The van der Waals surface area contributed by atoms with Gasteiger partial charge in [0.15, 0.2) is 0 Å². The second kappa shape index (κ2) is 6.64. The minimum Gasteiger partial charge on any atom is -0.403 e. The lowest BCUT2D eigenvalue weighted by Gasteiger charge is -2.11. The summed E-state index contributed by atoms with van der Waals surface area (Å²) in [7, 11) is 0. The average molecular weight is 291 g/mol. The molecule has 9 nitrogen and oxygen atoms in total. The van der Waals surface area contributed by atoms with Crippen LogP contribution in [0.25, 0.3) is 0 Å². The maximum atomic E-state index is 11.0. The molecular formula is C12H17N7O2. The summed E-state index contributed by atoms with van der Waals surface area (Å²) in [5.74, 6) is 0.990. The molecule has 3 N–H and O–H groups in total. The van der Waals surface area contributed by atoms with Gasteiger partial charge < -0.3 is 15.4 Å². The van der Waals surface area contributed by atoms with Crippen molar-refractivity contribution in [1.82, 2.24) is 25.1 Å². The smallest absolute Gasteiger partial charge is 0.330 e. The molecule has 21 heavy (non-hydrogen) atoms. The summed E-state index contributed by atoms with van der Waals surface area (Å²) in [6.45, 7) is 6.55. The van der Waals surface area contributed by atoms with E-state index >= 15 is 0 Å². The van der Waals surface area contributed by atoms with Gasteiger partial charge in [-0.25, -0.2) is 5.10 Å². The molecule has 2 heterocycles. The SMILES string of the molecule is CCNc1nc(NC(C)C)nc(Oc2ccc(=O)[nH]n2)n1. The van der Waals surface area contributed by atoms with Crippen LogP contribution in [0.1, 0.15) is 20.8 Å². The number of rotatable bonds is 6. The fraction of sp³-hybridized carbons (Fsp3) is 0.417. The van der Waals surface area contributed by atoms with Crippen LogP contribution in [0.5, 0.6) is 11.9 Å². The molecule has 0 spiro atoms. The van der Waals surface area contributed by atoms with Crippen LogP contribution in [0, 0.1) is 0 Å². The predicted molar refractivity (Wildman–Crippen MR) is 77.7 cm³/mol. The maximum Gasteiger partial charge on any atom is 0.330 e. The summed E-state index contributed by atoms with van der Waals surface area (Å²) >= 11 is 0. The first-order valence-corrected chi connectivity index (χ1v) is 6.57. The number of aromatic nitrogens is 5. The van der Waals surface area contributed by atoms with Gasteiger partial charge in [0, 0.05) is 24.7 Å². The van der Waals surface area contributed by atoms with E-state index in [1.54, 1.807) is 0 Å². The Hall–Kier alpha value is -2.71. The lowest BCUT2D eigenvalue weighted by molar-refractivity contribution is 0.417. The van der Waals surface area contributed by atoms with Crippen LogP contribution in [0.2, 0.25) is 0 Å². The van der Waals surface area contributed by atoms with Gasteiger partial charge in [0.2, 0.25) is 17.8 Å². The van der Waals surface area contributed by atoms with Crippen LogP contribution in [-0.4, -0.2) is 37.7 Å². The molecule has 0 saturated heterocycles. The largest absolute Gasteiger partial charge is 0.403 e. The van der Waals surface area contributed by atoms with Crippen LogP contribution >= 0.6 is 0 Å². The third kappa shape index (κ3) is 4.41. The minimum absolute atomic E-state index is 0.0867. The van der Waals surface area contributed by atoms with Gasteiger partial charge in [-0.05, 0) is 20.8 Å². The zero-order valence-corrected chi connectivity index (χ0v) is 12.0. The van der Waals surface area contributed by atoms with Gasteiger partial charge in [0.05, 0.1) is 0 Å². The van der Waals surface area contributed by atoms with Gasteiger partial charge in [0.25, 0.3) is 5.56 Å². The molecule has 0 aromatic carbocycles. The van der Waals surface area contributed by atoms with Gasteiger partial charge in [-0.15, -0.1) is 5.10 Å². The second-order valence-electron chi connectivity index (χ2n) is 4.46. The molecule has 2 aromatic rings. The van der Waals surface area contributed by atoms with Crippen LogP contribution in [0.3, 0.4) is 0 Å². The molecule has 0 aliphatic rings. The summed E-state index contributed by atoms with van der Waals surface area (Å²) in [6, 6.07) is 3.00. The molecule has 0 aliphatic heterocycles. The fourth-order valence-corrected chi connectivity index (χ4v) is 1.44. The predicted octanol–water partition coefficient (Wildman–Crippen LogP) is 0.999. The maximum absolute atomic E-state index is 11.0. The zero-order valence-electron chi connectivity index (χ0n) is 12.0. The number of aromatic amines is 1. The highest BCUT2D eigenvalue weighted by molar-refractivity contribution is 5.36. The Morgan fingerprint density at radius 2 is 2.00 bits per heavy atom. The number of hydrogen-bond acceptors (Lipinski definition) is 8. The monoisotopic (exact) mass is 291 g/mol. The van der Waals surface area contributed by atoms with Crippen LogP contribution in [0.15, 0.2) is 16.9 Å². The number of H-pyrrole nitrogens is 1. The van der Waals surface area contributed by atoms with E-state index in [0.717, 1.165) is 0 Å². The summed E-state index contributed by atoms with van der Waals surface area (Å²) in [6.07, 6.45) is 0. The zero-order chi connectivity index (χ0) is 15.2. The lowest BCUT2D eigenvalue weighted by atomic mass is 10.4. The Kier molecular flexibility index (Phi) is 4.64. The normalized spacial score (nSPS) is 10.5. The molecule has 0 fully saturated rings. The number of nitrogens with one attached hydrogen (secondary N) is 3. The van der Waals surface area contributed by atoms with Crippen LogP contribution in [0.4, 0.5) is 11.9 Å². The molecule has 112 valence electrons. The molecule has 0 unspecified atom stereocenters. The van der Waals surface area contributed by atoms with Gasteiger partial charge in [-0.1, -0.05) is 0 Å². The van der Waals surface area contributed by atoms with Gasteiger partial charge in [-0.3, -0.25) is 4.79 Å². The van der Waals surface area contributed by atoms with E-state index in [0.29, 0.717) is 18.4 Å². The van der Waals surface area contributed by atoms with E-state index < -0.39 is 0 Å². The third-order valence-corrected chi connectivity index (χ3v) is 2.22. The van der Waals surface area contributed by atoms with E-state index in [-0.39, 0.29) is 23.5 Å². The van der Waals surface area contributed by atoms with Crippen molar-refractivity contribution in [3.8, 4) is 11.9 Å². The minimum atomic E-state index is -0.312. The highest BCUT2D eigenvalue weighted by atomic mass is 16.5. The topological polar surface area (TPSA) is 118 Å². The van der Waals surface area contributed by atoms with Crippen molar-refractivity contribution in [1.29, 1.82) is 0 Å². The van der Waals surface area contributed by atoms with Gasteiger partial charge in [0.1, 0.15) is 0 Å². The Morgan fingerprint density at radius 3 is 2.62 bits per heavy atom. The van der Waals surface area contributed by atoms with Crippen molar-refractivity contribution in [3.63, 3.8) is 0 Å². The van der Waals surface area contributed by atoms with E-state index in [2.05, 4.69) is 35.8 Å². The molecule has 0 radical (unpaired) electrons. The molecule has 2 rings (SSSR count). The van der Waals surface area contributed by atoms with Crippen LogP contribution in [-0.2, 0) is 0 Å². The number of ether oxygens (including phenoxy) is 1. The standard InChI is InChI=1S/C12H17N7O2/c1-4-13-10-15-11(14-7(2)3)17-12(16-10)21-9-6-5-8(20)18-19-9/h5-7H,4H2,1-3H3,(H,18,20)(H2,13,14,15,16,17). The summed E-state index contributed by atoms with van der Waals surface area (Å²) in [5.41, 5.74) is -0.312. The van der Waals surface area contributed by atoms with Crippen molar-refractivity contribution >= 4 is 11.9 Å². The second-order valence-corrected chi connectivity index (χ2v) is 4.46. The molecule has 0 aliphatic carbocycles. The Morgan fingerprint density at radius 1 is 1.24 bits per heavy atom. The lowest BCUT2D eigenvalue weighted by Crippen LogP contribution is -2.15. The Labute approximate surface area is 121 Å². The quantitative estimate of drug-likeness (QED) is 0.721. The number of anilines is 2. The molecular weight excluding hydrogens is 274 g/mol. The van der Waals surface area contributed by atoms with E-state index in [4.69, 9.17) is 4.74 Å². The van der Waals surface area contributed by atoms with Crippen molar-refractivity contribution in [2.45, 2.75) is 26.8 Å². The first-order valence-electron chi connectivity index (χ1n) is 6.57. The third-order valence-electron chi connectivity index (χ3n) is 2.22. The Bertz CT molecular complexity index is 636. The number of hydrogen-bond donors (Lipinski definition) is 3. The summed E-state index contributed by atoms with van der Waals surface area (Å²) < 4.78 is 5.42. The molecule has 0 saturated carbocycles. The van der Waals surface area contributed by atoms with Crippen molar-refractivity contribution in [2.75, 3.05) is 17.2 Å². The highest BCUT2D eigenvalue weighted by Gasteiger charge is 2.09. The average Bonchev–Trinajstić information content (AvgIpc) is 2.41. The van der Waals surface area contributed by atoms with E-state index in [1.165, 1.54) is 12.1 Å². The first kappa shape index (κ1) is 14.7. The molecule has 2 aromatic heterocycles. The van der Waals surface area contributed by atoms with Gasteiger partial charge in [-0.2, -0.15) is 15.0 Å². The molecule has 0 atom stereocenters. The van der Waals surface area contributed by atoms with Gasteiger partial charge >= 0.3 is 6.01 Å². The Balaban J connectivity index is 2.25. The molecule has 9 heteroatoms. The highest BCUT2D eigenvalue weighted by Crippen LogP contribution is 2.16. The van der Waals surface area contributed by atoms with E-state index in [9.17, 15) is 4.79 Å². The van der Waals surface area contributed by atoms with Crippen molar-refractivity contribution in [2.24, 2.45) is 0 Å². The van der Waals surface area contributed by atoms with E-state index in [1.807, 2.05) is 20.8 Å². The first-order chi connectivity index (χ1) is 10.1. The van der Waals surface area contributed by atoms with Crippen LogP contribution < -0.4 is 20.9 Å². The number of nitrogens with zero attached hydrogens (tertiary/aromatic N) is 4. The van der Waals surface area contributed by atoms with Crippen molar-refractivity contribution in [3.05, 3.63) is 22.5 Å². The summed E-state index contributed by atoms with van der Waals surface area (Å²) in [4.78, 5) is 23.4.